The molecule has 1 amide bonds. The third kappa shape index (κ3) is 2.68. The number of Topliss-reactive ketones (excluding diaryl/α,β-unsaturated/α-hetero) is 1. The van der Waals surface area contributed by atoms with Crippen LogP contribution >= 0.6 is 11.3 Å². The van der Waals surface area contributed by atoms with Gasteiger partial charge in [0, 0.05) is 23.8 Å². The van der Waals surface area contributed by atoms with Gasteiger partial charge in [-0.05, 0) is 19.8 Å². The molecule has 1 aliphatic carbocycles. The van der Waals surface area contributed by atoms with Gasteiger partial charge in [0.1, 0.15) is 10.6 Å². The summed E-state index contributed by atoms with van der Waals surface area (Å²) in [6.07, 6.45) is 1.99. The maximum atomic E-state index is 12.0. The van der Waals surface area contributed by atoms with Crippen LogP contribution in [0.15, 0.2) is 0 Å². The number of carbonyl (C=O) groups excluding carboxylic acids is 3. The molecule has 0 spiro atoms. The van der Waals surface area contributed by atoms with Gasteiger partial charge in [-0.1, -0.05) is 0 Å². The molecule has 0 atom stereocenters. The second-order valence-corrected chi connectivity index (χ2v) is 5.39. The Balaban J connectivity index is 2.51. The molecule has 1 aromatic heterocycles. The van der Waals surface area contributed by atoms with Crippen molar-refractivity contribution in [2.45, 2.75) is 33.1 Å². The van der Waals surface area contributed by atoms with Gasteiger partial charge in [0.25, 0.3) is 0 Å². The fourth-order valence-electron chi connectivity index (χ4n) is 2.13. The van der Waals surface area contributed by atoms with Crippen LogP contribution in [0.4, 0.5) is 5.00 Å². The Morgan fingerprint density at radius 2 is 2.11 bits per heavy atom. The molecule has 5 nitrogen and oxygen atoms in total. The predicted octanol–water partition coefficient (Wildman–Crippen LogP) is 2.40. The molecule has 0 aromatic carbocycles. The van der Waals surface area contributed by atoms with E-state index in [9.17, 15) is 14.4 Å². The Bertz CT molecular complexity index is 547. The first-order valence-electron chi connectivity index (χ1n) is 6.18. The number of nitrogens with one attached hydrogen (secondary N) is 1. The highest BCUT2D eigenvalue weighted by atomic mass is 32.1. The maximum Gasteiger partial charge on any atom is 0.341 e. The molecule has 0 aliphatic heterocycles. The van der Waals surface area contributed by atoms with E-state index in [2.05, 4.69) is 5.32 Å². The Morgan fingerprint density at radius 3 is 2.74 bits per heavy atom. The Hall–Kier alpha value is -1.69. The minimum Gasteiger partial charge on any atom is -0.462 e. The zero-order chi connectivity index (χ0) is 14.0. The molecule has 2 rings (SSSR count). The monoisotopic (exact) mass is 281 g/mol. The van der Waals surface area contributed by atoms with Crippen molar-refractivity contribution in [3.05, 3.63) is 16.0 Å². The number of carbonyl (C=O) groups is 3. The van der Waals surface area contributed by atoms with Crippen molar-refractivity contribution in [3.8, 4) is 0 Å². The van der Waals surface area contributed by atoms with Crippen LogP contribution in [0, 0.1) is 0 Å². The highest BCUT2D eigenvalue weighted by molar-refractivity contribution is 7.17. The fraction of sp³-hybridized carbons (Fsp3) is 0.462. The lowest BCUT2D eigenvalue weighted by atomic mass is 9.94. The summed E-state index contributed by atoms with van der Waals surface area (Å²) in [4.78, 5) is 36.1. The van der Waals surface area contributed by atoms with Crippen LogP contribution in [0.3, 0.4) is 0 Å². The fourth-order valence-corrected chi connectivity index (χ4v) is 3.42. The zero-order valence-corrected chi connectivity index (χ0v) is 11.7. The number of amides is 1. The van der Waals surface area contributed by atoms with E-state index in [1.165, 1.54) is 18.3 Å². The second-order valence-electron chi connectivity index (χ2n) is 4.28. The van der Waals surface area contributed by atoms with Crippen molar-refractivity contribution in [2.75, 3.05) is 11.9 Å². The molecular formula is C13H15NO4S. The summed E-state index contributed by atoms with van der Waals surface area (Å²) in [5.74, 6) is -0.854. The molecule has 1 aliphatic rings. The predicted molar refractivity (Wildman–Crippen MR) is 71.8 cm³/mol. The topological polar surface area (TPSA) is 72.5 Å². The summed E-state index contributed by atoms with van der Waals surface area (Å²) in [5, 5.41) is 3.04. The molecule has 6 heteroatoms. The molecule has 19 heavy (non-hydrogen) atoms. The summed E-state index contributed by atoms with van der Waals surface area (Å²) in [5.41, 5.74) is 0.667. The van der Waals surface area contributed by atoms with Crippen molar-refractivity contribution < 1.29 is 19.1 Å². The van der Waals surface area contributed by atoms with Gasteiger partial charge in [-0.15, -0.1) is 11.3 Å². The number of ketones is 1. The van der Waals surface area contributed by atoms with Crippen LogP contribution in [0.2, 0.25) is 0 Å². The third-order valence-electron chi connectivity index (χ3n) is 2.84. The number of hydrogen-bond donors (Lipinski definition) is 1. The molecule has 0 fully saturated rings. The lowest BCUT2D eigenvalue weighted by molar-refractivity contribution is -0.114. The largest absolute Gasteiger partial charge is 0.462 e. The molecule has 102 valence electrons. The number of rotatable bonds is 3. The maximum absolute atomic E-state index is 12.0. The summed E-state index contributed by atoms with van der Waals surface area (Å²) in [6.45, 7) is 3.31. The molecule has 0 bridgehead atoms. The van der Waals surface area contributed by atoms with Crippen molar-refractivity contribution in [2.24, 2.45) is 0 Å². The third-order valence-corrected chi connectivity index (χ3v) is 4.00. The van der Waals surface area contributed by atoms with Gasteiger partial charge in [0.2, 0.25) is 5.91 Å². The van der Waals surface area contributed by atoms with Crippen LogP contribution in [0.1, 0.15) is 52.3 Å². The molecular weight excluding hydrogens is 266 g/mol. The van der Waals surface area contributed by atoms with Crippen molar-refractivity contribution in [1.29, 1.82) is 0 Å². The van der Waals surface area contributed by atoms with Crippen LogP contribution in [0.5, 0.6) is 0 Å². The highest BCUT2D eigenvalue weighted by Gasteiger charge is 2.31. The smallest absolute Gasteiger partial charge is 0.341 e. The van der Waals surface area contributed by atoms with Gasteiger partial charge in [-0.3, -0.25) is 9.59 Å². The molecule has 0 unspecified atom stereocenters. The summed E-state index contributed by atoms with van der Waals surface area (Å²) in [6, 6.07) is 0. The number of fused-ring (bicyclic) bond motifs is 1. The lowest BCUT2D eigenvalue weighted by Crippen LogP contribution is -2.16. The van der Waals surface area contributed by atoms with Gasteiger partial charge in [0.05, 0.1) is 6.61 Å². The molecule has 1 aromatic rings. The summed E-state index contributed by atoms with van der Waals surface area (Å²) < 4.78 is 4.99. The van der Waals surface area contributed by atoms with E-state index < -0.39 is 5.97 Å². The van der Waals surface area contributed by atoms with E-state index in [0.717, 1.165) is 17.7 Å². The number of hydrogen-bond acceptors (Lipinski definition) is 5. The van der Waals surface area contributed by atoms with E-state index in [1.54, 1.807) is 6.92 Å². The Morgan fingerprint density at radius 1 is 1.37 bits per heavy atom. The van der Waals surface area contributed by atoms with Crippen molar-refractivity contribution in [3.63, 3.8) is 0 Å². The number of thiophene rings is 1. The molecule has 0 radical (unpaired) electrons. The quantitative estimate of drug-likeness (QED) is 0.863. The molecule has 0 saturated heterocycles. The van der Waals surface area contributed by atoms with E-state index in [-0.39, 0.29) is 23.9 Å². The number of ether oxygens (including phenoxy) is 1. The van der Waals surface area contributed by atoms with E-state index in [4.69, 9.17) is 4.74 Å². The average molecular weight is 281 g/mol. The summed E-state index contributed by atoms with van der Waals surface area (Å²) in [7, 11) is 0. The average Bonchev–Trinajstić information content (AvgIpc) is 2.68. The van der Waals surface area contributed by atoms with Gasteiger partial charge in [-0.2, -0.15) is 0 Å². The lowest BCUT2D eigenvalue weighted by Gasteiger charge is -2.11. The standard InChI is InChI=1S/C13H15NO4S/c1-3-18-13(17)11-10-8(16)5-4-6-9(10)19-12(11)14-7(2)15/h3-6H2,1-2H3,(H,14,15). The normalized spacial score (nSPS) is 13.9. The van der Waals surface area contributed by atoms with Crippen LogP contribution < -0.4 is 5.32 Å². The SMILES string of the molecule is CCOC(=O)c1c(NC(C)=O)sc2c1C(=O)CCC2. The van der Waals surface area contributed by atoms with Gasteiger partial charge < -0.3 is 10.1 Å². The minimum absolute atomic E-state index is 0.0443. The first kappa shape index (κ1) is 13.7. The minimum atomic E-state index is -0.543. The molecule has 0 saturated carbocycles. The zero-order valence-electron chi connectivity index (χ0n) is 10.9. The molecule has 1 N–H and O–H groups in total. The summed E-state index contributed by atoms with van der Waals surface area (Å²) >= 11 is 1.29. The number of esters is 1. The Labute approximate surface area is 114 Å². The van der Waals surface area contributed by atoms with Crippen LogP contribution in [0.25, 0.3) is 0 Å². The van der Waals surface area contributed by atoms with E-state index >= 15 is 0 Å². The Kier molecular flexibility index (Phi) is 3.99. The number of aryl methyl sites for hydroxylation is 1. The first-order valence-corrected chi connectivity index (χ1v) is 6.99. The van der Waals surface area contributed by atoms with Crippen molar-refractivity contribution in [1.82, 2.24) is 0 Å². The van der Waals surface area contributed by atoms with Gasteiger partial charge in [0.15, 0.2) is 5.78 Å². The van der Waals surface area contributed by atoms with Gasteiger partial charge >= 0.3 is 5.97 Å². The van der Waals surface area contributed by atoms with Crippen LogP contribution in [-0.4, -0.2) is 24.3 Å². The van der Waals surface area contributed by atoms with Crippen LogP contribution in [-0.2, 0) is 16.0 Å². The van der Waals surface area contributed by atoms with Gasteiger partial charge in [-0.25, -0.2) is 4.79 Å². The second kappa shape index (κ2) is 5.52. The first-order chi connectivity index (χ1) is 9.04. The van der Waals surface area contributed by atoms with E-state index in [0.29, 0.717) is 17.0 Å². The van der Waals surface area contributed by atoms with E-state index in [1.807, 2.05) is 0 Å². The van der Waals surface area contributed by atoms with Crippen molar-refractivity contribution >= 4 is 34.0 Å². The highest BCUT2D eigenvalue weighted by Crippen LogP contribution is 2.38. The number of anilines is 1. The molecule has 1 heterocycles.